The van der Waals surface area contributed by atoms with Crippen molar-refractivity contribution in [2.45, 2.75) is 0 Å². The van der Waals surface area contributed by atoms with E-state index >= 15 is 0 Å². The number of aromatic hydroxyl groups is 1. The van der Waals surface area contributed by atoms with Crippen molar-refractivity contribution in [2.24, 2.45) is 0 Å². The number of nitrogens with zero attached hydrogens (tertiary/aromatic N) is 1. The average Bonchev–Trinajstić information content (AvgIpc) is 2.41. The number of amides is 1. The first-order valence-electron chi connectivity index (χ1n) is 5.46. The summed E-state index contributed by atoms with van der Waals surface area (Å²) >= 11 is 5.61. The summed E-state index contributed by atoms with van der Waals surface area (Å²) in [5.41, 5.74) is 0.106. The van der Waals surface area contributed by atoms with Gasteiger partial charge in [0.1, 0.15) is 10.9 Å². The summed E-state index contributed by atoms with van der Waals surface area (Å²) in [6.07, 6.45) is 1.28. The molecule has 102 valence electrons. The van der Waals surface area contributed by atoms with Crippen molar-refractivity contribution >= 4 is 29.2 Å². The first kappa shape index (κ1) is 13.8. The van der Waals surface area contributed by atoms with Crippen molar-refractivity contribution in [1.82, 2.24) is 4.98 Å². The molecule has 6 nitrogen and oxygen atoms in total. The number of phenols is 1. The smallest absolute Gasteiger partial charge is 0.337 e. The van der Waals surface area contributed by atoms with E-state index in [1.54, 1.807) is 0 Å². The Morgan fingerprint density at radius 1 is 1.20 bits per heavy atom. The molecule has 1 aromatic carbocycles. The summed E-state index contributed by atoms with van der Waals surface area (Å²) in [6, 6.07) is 6.55. The molecule has 0 radical (unpaired) electrons. The quantitative estimate of drug-likeness (QED) is 0.596. The van der Waals surface area contributed by atoms with Crippen LogP contribution in [0.15, 0.2) is 36.5 Å². The lowest BCUT2D eigenvalue weighted by Gasteiger charge is -2.08. The zero-order valence-electron chi connectivity index (χ0n) is 10.0. The van der Waals surface area contributed by atoms with E-state index in [0.29, 0.717) is 0 Å². The fourth-order valence-corrected chi connectivity index (χ4v) is 1.63. The molecule has 0 fully saturated rings. The van der Waals surface area contributed by atoms with E-state index in [1.165, 1.54) is 30.5 Å². The molecule has 2 aromatic rings. The second-order valence-electron chi connectivity index (χ2n) is 3.86. The Labute approximate surface area is 118 Å². The average molecular weight is 293 g/mol. The van der Waals surface area contributed by atoms with E-state index in [0.717, 1.165) is 6.07 Å². The van der Waals surface area contributed by atoms with Gasteiger partial charge in [0.15, 0.2) is 0 Å². The number of anilines is 1. The number of aromatic carboxylic acids is 1. The van der Waals surface area contributed by atoms with Crippen LogP contribution >= 0.6 is 11.6 Å². The minimum absolute atomic E-state index is 0.0789. The Kier molecular flexibility index (Phi) is 3.86. The van der Waals surface area contributed by atoms with E-state index in [-0.39, 0.29) is 27.7 Å². The van der Waals surface area contributed by atoms with E-state index in [4.69, 9.17) is 16.7 Å². The summed E-state index contributed by atoms with van der Waals surface area (Å²) in [6.45, 7) is 0. The number of carboxylic acids is 1. The topological polar surface area (TPSA) is 99.5 Å². The molecular formula is C13H9ClN2O4. The fraction of sp³-hybridized carbons (Fsp3) is 0. The zero-order valence-corrected chi connectivity index (χ0v) is 10.8. The Bertz CT molecular complexity index is 671. The molecule has 3 N–H and O–H groups in total. The van der Waals surface area contributed by atoms with Gasteiger partial charge in [-0.05, 0) is 30.3 Å². The van der Waals surface area contributed by atoms with Crippen LogP contribution in [0.25, 0.3) is 0 Å². The van der Waals surface area contributed by atoms with E-state index in [9.17, 15) is 14.7 Å². The van der Waals surface area contributed by atoms with Crippen molar-refractivity contribution in [1.29, 1.82) is 0 Å². The Morgan fingerprint density at radius 2 is 1.95 bits per heavy atom. The van der Waals surface area contributed by atoms with Crippen LogP contribution in [0, 0.1) is 0 Å². The van der Waals surface area contributed by atoms with E-state index < -0.39 is 11.9 Å². The molecule has 0 bridgehead atoms. The maximum Gasteiger partial charge on any atom is 0.337 e. The number of carboxylic acid groups (broad SMARTS) is 1. The van der Waals surface area contributed by atoms with Gasteiger partial charge in [-0.1, -0.05) is 11.6 Å². The van der Waals surface area contributed by atoms with Crippen molar-refractivity contribution in [3.63, 3.8) is 0 Å². The van der Waals surface area contributed by atoms with Gasteiger partial charge < -0.3 is 15.5 Å². The highest BCUT2D eigenvalue weighted by atomic mass is 35.5. The van der Waals surface area contributed by atoms with Crippen LogP contribution in [-0.4, -0.2) is 27.1 Å². The molecule has 20 heavy (non-hydrogen) atoms. The molecular weight excluding hydrogens is 284 g/mol. The number of halogens is 1. The molecule has 0 aliphatic carbocycles. The molecule has 1 heterocycles. The summed E-state index contributed by atoms with van der Waals surface area (Å²) in [4.78, 5) is 26.7. The van der Waals surface area contributed by atoms with E-state index in [2.05, 4.69) is 10.3 Å². The number of hydrogen-bond acceptors (Lipinski definition) is 4. The summed E-state index contributed by atoms with van der Waals surface area (Å²) in [7, 11) is 0. The van der Waals surface area contributed by atoms with Crippen LogP contribution in [-0.2, 0) is 0 Å². The minimum Gasteiger partial charge on any atom is -0.508 e. The highest BCUT2D eigenvalue weighted by Gasteiger charge is 2.14. The monoisotopic (exact) mass is 292 g/mol. The van der Waals surface area contributed by atoms with Gasteiger partial charge in [-0.2, -0.15) is 0 Å². The zero-order chi connectivity index (χ0) is 14.7. The second kappa shape index (κ2) is 5.58. The molecule has 0 atom stereocenters. The van der Waals surface area contributed by atoms with Gasteiger partial charge in [-0.15, -0.1) is 0 Å². The number of phenolic OH excluding ortho intramolecular Hbond substituents is 1. The lowest BCUT2D eigenvalue weighted by molar-refractivity contribution is 0.0697. The van der Waals surface area contributed by atoms with Crippen molar-refractivity contribution in [3.05, 3.63) is 52.8 Å². The van der Waals surface area contributed by atoms with Gasteiger partial charge in [0.25, 0.3) is 5.91 Å². The Hall–Kier alpha value is -2.60. The molecule has 0 aliphatic rings. The summed E-state index contributed by atoms with van der Waals surface area (Å²) in [5, 5.41) is 21.0. The normalized spacial score (nSPS) is 10.1. The third kappa shape index (κ3) is 3.04. The number of carbonyl (C=O) groups is 2. The molecule has 1 aromatic heterocycles. The van der Waals surface area contributed by atoms with E-state index in [1.807, 2.05) is 0 Å². The molecule has 0 aliphatic heterocycles. The lowest BCUT2D eigenvalue weighted by atomic mass is 10.1. The fourth-order valence-electron chi connectivity index (χ4n) is 1.52. The van der Waals surface area contributed by atoms with Crippen LogP contribution in [0.4, 0.5) is 5.69 Å². The molecule has 0 unspecified atom stereocenters. The number of hydrogen-bond donors (Lipinski definition) is 3. The Morgan fingerprint density at radius 3 is 2.55 bits per heavy atom. The number of pyridine rings is 1. The number of rotatable bonds is 3. The van der Waals surface area contributed by atoms with Crippen molar-refractivity contribution in [3.8, 4) is 5.75 Å². The van der Waals surface area contributed by atoms with Gasteiger partial charge in [0.2, 0.25) is 0 Å². The number of nitrogens with one attached hydrogen (secondary N) is 1. The number of carbonyl (C=O) groups excluding carboxylic acids is 1. The van der Waals surface area contributed by atoms with Gasteiger partial charge in [-0.3, -0.25) is 4.79 Å². The van der Waals surface area contributed by atoms with Crippen LogP contribution in [0.5, 0.6) is 5.75 Å². The SMILES string of the molecule is O=C(Nc1ccc(O)cc1C(=O)O)c1ccc(Cl)nc1. The number of aromatic nitrogens is 1. The van der Waals surface area contributed by atoms with Crippen LogP contribution < -0.4 is 5.32 Å². The maximum absolute atomic E-state index is 11.9. The molecule has 0 spiro atoms. The minimum atomic E-state index is -1.26. The third-order valence-corrected chi connectivity index (χ3v) is 2.69. The molecule has 2 rings (SSSR count). The highest BCUT2D eigenvalue weighted by molar-refractivity contribution is 6.29. The highest BCUT2D eigenvalue weighted by Crippen LogP contribution is 2.22. The van der Waals surface area contributed by atoms with Gasteiger partial charge in [0.05, 0.1) is 16.8 Å². The predicted molar refractivity (Wildman–Crippen MR) is 72.3 cm³/mol. The van der Waals surface area contributed by atoms with Crippen molar-refractivity contribution < 1.29 is 19.8 Å². The third-order valence-electron chi connectivity index (χ3n) is 2.47. The largest absolute Gasteiger partial charge is 0.508 e. The first-order chi connectivity index (χ1) is 9.47. The van der Waals surface area contributed by atoms with Crippen LogP contribution in [0.3, 0.4) is 0 Å². The van der Waals surface area contributed by atoms with Gasteiger partial charge >= 0.3 is 5.97 Å². The molecule has 7 heteroatoms. The molecule has 1 amide bonds. The van der Waals surface area contributed by atoms with Gasteiger partial charge in [-0.25, -0.2) is 9.78 Å². The summed E-state index contributed by atoms with van der Waals surface area (Å²) in [5.74, 6) is -1.98. The Balaban J connectivity index is 2.28. The number of benzene rings is 1. The first-order valence-corrected chi connectivity index (χ1v) is 5.84. The molecule has 0 saturated heterocycles. The predicted octanol–water partition coefficient (Wildman–Crippen LogP) is 2.39. The van der Waals surface area contributed by atoms with Crippen LogP contribution in [0.1, 0.15) is 20.7 Å². The lowest BCUT2D eigenvalue weighted by Crippen LogP contribution is -2.15. The van der Waals surface area contributed by atoms with Crippen LogP contribution in [0.2, 0.25) is 5.15 Å². The van der Waals surface area contributed by atoms with Crippen molar-refractivity contribution in [2.75, 3.05) is 5.32 Å². The maximum atomic E-state index is 11.9. The second-order valence-corrected chi connectivity index (χ2v) is 4.25. The van der Waals surface area contributed by atoms with Gasteiger partial charge in [0, 0.05) is 6.20 Å². The molecule has 0 saturated carbocycles. The summed E-state index contributed by atoms with van der Waals surface area (Å²) < 4.78 is 0. The standard InChI is InChI=1S/C13H9ClN2O4/c14-11-4-1-7(6-15-11)12(18)16-10-3-2-8(17)5-9(10)13(19)20/h1-6,17H,(H,16,18)(H,19,20).